The van der Waals surface area contributed by atoms with Crippen molar-refractivity contribution in [3.8, 4) is 0 Å². The lowest BCUT2D eigenvalue weighted by Gasteiger charge is -2.35. The van der Waals surface area contributed by atoms with Gasteiger partial charge in [0.05, 0.1) is 10.7 Å². The molecule has 4 nitrogen and oxygen atoms in total. The third kappa shape index (κ3) is 2.34. The first kappa shape index (κ1) is 12.9. The van der Waals surface area contributed by atoms with Crippen LogP contribution >= 0.6 is 11.6 Å². The molecule has 0 aromatic heterocycles. The largest absolute Gasteiger partial charge is 0.357 e. The van der Waals surface area contributed by atoms with Crippen LogP contribution in [0.4, 0.5) is 5.69 Å². The van der Waals surface area contributed by atoms with E-state index in [2.05, 4.69) is 5.32 Å². The summed E-state index contributed by atoms with van der Waals surface area (Å²) in [7, 11) is 0. The number of nitrogens with zero attached hydrogens (tertiary/aromatic N) is 1. The Balaban J connectivity index is 2.33. The van der Waals surface area contributed by atoms with Crippen LogP contribution in [0.15, 0.2) is 18.2 Å². The van der Waals surface area contributed by atoms with Gasteiger partial charge in [-0.3, -0.25) is 9.59 Å². The Morgan fingerprint density at radius 1 is 1.50 bits per heavy atom. The second-order valence-electron chi connectivity index (χ2n) is 4.38. The van der Waals surface area contributed by atoms with E-state index in [9.17, 15) is 9.59 Å². The highest BCUT2D eigenvalue weighted by Gasteiger charge is 2.26. The van der Waals surface area contributed by atoms with E-state index in [-0.39, 0.29) is 17.7 Å². The molecule has 1 aliphatic heterocycles. The molecule has 5 heteroatoms. The molecule has 0 spiro atoms. The molecule has 1 fully saturated rings. The zero-order chi connectivity index (χ0) is 13.3. The predicted molar refractivity (Wildman–Crippen MR) is 71.3 cm³/mol. The summed E-state index contributed by atoms with van der Waals surface area (Å²) >= 11 is 6.19. The number of hydrogen-bond acceptors (Lipinski definition) is 3. The number of halogens is 1. The van der Waals surface area contributed by atoms with Crippen molar-refractivity contribution in [2.24, 2.45) is 0 Å². The van der Waals surface area contributed by atoms with Crippen LogP contribution in [0.3, 0.4) is 0 Å². The van der Waals surface area contributed by atoms with Crippen molar-refractivity contribution in [2.75, 3.05) is 18.0 Å². The van der Waals surface area contributed by atoms with E-state index in [1.807, 2.05) is 11.8 Å². The first-order valence-corrected chi connectivity index (χ1v) is 6.23. The number of ketones is 1. The summed E-state index contributed by atoms with van der Waals surface area (Å²) in [4.78, 5) is 24.8. The van der Waals surface area contributed by atoms with Crippen LogP contribution in [0, 0.1) is 0 Å². The molecule has 1 N–H and O–H groups in total. The number of hydrogen-bond donors (Lipinski definition) is 1. The summed E-state index contributed by atoms with van der Waals surface area (Å²) < 4.78 is 0. The van der Waals surface area contributed by atoms with Gasteiger partial charge in [0.15, 0.2) is 5.78 Å². The van der Waals surface area contributed by atoms with Crippen LogP contribution in [-0.4, -0.2) is 30.8 Å². The van der Waals surface area contributed by atoms with E-state index < -0.39 is 0 Å². The standard InChI is InChI=1S/C13H15ClN2O2/c1-8-13(18)15-5-6-16(8)12-4-3-10(9(2)17)7-11(12)14/h3-4,7-8H,5-6H2,1-2H3,(H,15,18). The van der Waals surface area contributed by atoms with E-state index >= 15 is 0 Å². The number of rotatable bonds is 2. The molecule has 0 aliphatic carbocycles. The average molecular weight is 267 g/mol. The van der Waals surface area contributed by atoms with Crippen LogP contribution < -0.4 is 10.2 Å². The molecule has 1 amide bonds. The molecule has 0 bridgehead atoms. The molecular formula is C13H15ClN2O2. The van der Waals surface area contributed by atoms with E-state index in [0.717, 1.165) is 5.69 Å². The molecule has 18 heavy (non-hydrogen) atoms. The Morgan fingerprint density at radius 2 is 2.22 bits per heavy atom. The summed E-state index contributed by atoms with van der Waals surface area (Å²) in [5, 5.41) is 3.31. The molecule has 1 saturated heterocycles. The fraction of sp³-hybridized carbons (Fsp3) is 0.385. The predicted octanol–water partition coefficient (Wildman–Crippen LogP) is 1.87. The monoisotopic (exact) mass is 266 g/mol. The highest BCUT2D eigenvalue weighted by atomic mass is 35.5. The summed E-state index contributed by atoms with van der Waals surface area (Å²) in [5.74, 6) is -0.0270. The third-order valence-electron chi connectivity index (χ3n) is 3.16. The fourth-order valence-corrected chi connectivity index (χ4v) is 2.36. The van der Waals surface area contributed by atoms with E-state index in [1.165, 1.54) is 6.92 Å². The maximum Gasteiger partial charge on any atom is 0.242 e. The van der Waals surface area contributed by atoms with Gasteiger partial charge in [-0.15, -0.1) is 0 Å². The van der Waals surface area contributed by atoms with E-state index in [1.54, 1.807) is 18.2 Å². The first-order chi connectivity index (χ1) is 8.50. The number of carbonyl (C=O) groups excluding carboxylic acids is 2. The van der Waals surface area contributed by atoms with Crippen molar-refractivity contribution in [3.05, 3.63) is 28.8 Å². The second kappa shape index (κ2) is 4.98. The summed E-state index contributed by atoms with van der Waals surface area (Å²) in [6.07, 6.45) is 0. The molecule has 1 unspecified atom stereocenters. The molecule has 1 atom stereocenters. The lowest BCUT2D eigenvalue weighted by Crippen LogP contribution is -2.54. The van der Waals surface area contributed by atoms with Gasteiger partial charge in [-0.05, 0) is 32.0 Å². The van der Waals surface area contributed by atoms with Crippen molar-refractivity contribution in [2.45, 2.75) is 19.9 Å². The molecule has 2 rings (SSSR count). The van der Waals surface area contributed by atoms with Crippen LogP contribution in [0.2, 0.25) is 5.02 Å². The lowest BCUT2D eigenvalue weighted by atomic mass is 10.1. The minimum atomic E-state index is -0.251. The Hall–Kier alpha value is -1.55. The lowest BCUT2D eigenvalue weighted by molar-refractivity contribution is -0.122. The maximum absolute atomic E-state index is 11.6. The number of Topliss-reactive ketones (excluding diaryl/α,β-unsaturated/α-hetero) is 1. The average Bonchev–Trinajstić information content (AvgIpc) is 2.33. The van der Waals surface area contributed by atoms with Crippen molar-refractivity contribution < 1.29 is 9.59 Å². The van der Waals surface area contributed by atoms with Gasteiger partial charge in [-0.2, -0.15) is 0 Å². The smallest absolute Gasteiger partial charge is 0.242 e. The maximum atomic E-state index is 11.6. The van der Waals surface area contributed by atoms with Crippen LogP contribution in [-0.2, 0) is 4.79 Å². The Kier molecular flexibility index (Phi) is 3.57. The molecule has 96 valence electrons. The Labute approximate surface area is 111 Å². The van der Waals surface area contributed by atoms with Crippen molar-refractivity contribution in [1.29, 1.82) is 0 Å². The molecule has 1 aromatic rings. The second-order valence-corrected chi connectivity index (χ2v) is 4.79. The number of carbonyl (C=O) groups is 2. The van der Waals surface area contributed by atoms with Gasteiger partial charge in [0.25, 0.3) is 0 Å². The highest BCUT2D eigenvalue weighted by molar-refractivity contribution is 6.33. The molecule has 1 heterocycles. The van der Waals surface area contributed by atoms with Gasteiger partial charge in [-0.1, -0.05) is 11.6 Å². The van der Waals surface area contributed by atoms with Gasteiger partial charge in [0.2, 0.25) is 5.91 Å². The quantitative estimate of drug-likeness (QED) is 0.832. The number of amides is 1. The van der Waals surface area contributed by atoms with Gasteiger partial charge in [0.1, 0.15) is 6.04 Å². The van der Waals surface area contributed by atoms with Crippen molar-refractivity contribution in [1.82, 2.24) is 5.32 Å². The zero-order valence-electron chi connectivity index (χ0n) is 10.4. The number of piperazine rings is 1. The molecule has 0 saturated carbocycles. The number of anilines is 1. The van der Waals surface area contributed by atoms with Crippen LogP contribution in [0.1, 0.15) is 24.2 Å². The molecule has 1 aromatic carbocycles. The minimum absolute atomic E-state index is 0.00652. The fourth-order valence-electron chi connectivity index (χ4n) is 2.07. The van der Waals surface area contributed by atoms with Crippen LogP contribution in [0.25, 0.3) is 0 Å². The van der Waals surface area contributed by atoms with Crippen LogP contribution in [0.5, 0.6) is 0 Å². The van der Waals surface area contributed by atoms with Gasteiger partial charge >= 0.3 is 0 Å². The van der Waals surface area contributed by atoms with Gasteiger partial charge in [-0.25, -0.2) is 0 Å². The molecule has 0 radical (unpaired) electrons. The zero-order valence-corrected chi connectivity index (χ0v) is 11.1. The summed E-state index contributed by atoms with van der Waals surface area (Å²) in [6, 6.07) is 4.94. The van der Waals surface area contributed by atoms with Crippen molar-refractivity contribution in [3.63, 3.8) is 0 Å². The van der Waals surface area contributed by atoms with Gasteiger partial charge < -0.3 is 10.2 Å². The Bertz CT molecular complexity index is 502. The third-order valence-corrected chi connectivity index (χ3v) is 3.47. The number of nitrogens with one attached hydrogen (secondary N) is 1. The van der Waals surface area contributed by atoms with E-state index in [4.69, 9.17) is 11.6 Å². The molecular weight excluding hydrogens is 252 g/mol. The summed E-state index contributed by atoms with van der Waals surface area (Å²) in [5.41, 5.74) is 1.38. The van der Waals surface area contributed by atoms with E-state index in [0.29, 0.717) is 23.7 Å². The highest BCUT2D eigenvalue weighted by Crippen LogP contribution is 2.29. The van der Waals surface area contributed by atoms with Crippen molar-refractivity contribution >= 4 is 29.0 Å². The summed E-state index contributed by atoms with van der Waals surface area (Å²) in [6.45, 7) is 4.66. The molecule has 1 aliphatic rings. The first-order valence-electron chi connectivity index (χ1n) is 5.85. The topological polar surface area (TPSA) is 49.4 Å². The SMILES string of the molecule is CC(=O)c1ccc(N2CCNC(=O)C2C)c(Cl)c1. The number of benzene rings is 1. The Morgan fingerprint density at radius 3 is 2.83 bits per heavy atom. The minimum Gasteiger partial charge on any atom is -0.357 e. The normalized spacial score (nSPS) is 19.6. The van der Waals surface area contributed by atoms with Gasteiger partial charge in [0, 0.05) is 18.7 Å².